The van der Waals surface area contributed by atoms with E-state index < -0.39 is 6.03 Å². The van der Waals surface area contributed by atoms with Crippen molar-refractivity contribution < 1.29 is 4.79 Å². The maximum Gasteiger partial charge on any atom is 0.332 e. The van der Waals surface area contributed by atoms with Crippen LogP contribution in [0.15, 0.2) is 5.10 Å². The minimum atomic E-state index is -0.612. The number of nitrogens with one attached hydrogen (secondary N) is 1. The van der Waals surface area contributed by atoms with Gasteiger partial charge in [-0.2, -0.15) is 5.10 Å². The highest BCUT2D eigenvalue weighted by atomic mass is 16.2. The summed E-state index contributed by atoms with van der Waals surface area (Å²) in [5, 5.41) is 3.70. The van der Waals surface area contributed by atoms with E-state index >= 15 is 0 Å². The summed E-state index contributed by atoms with van der Waals surface area (Å²) in [6.07, 6.45) is 6.35. The standard InChI is InChI=1S/C11H23N3O/c1-9(2)5-4-6-10(3)7-8-13-14-11(12)15/h8-10H,4-7H2,1-3H3,(H3,12,14,15)/b13-8-/t10-/m1/s1. The lowest BCUT2D eigenvalue weighted by Gasteiger charge is -2.09. The summed E-state index contributed by atoms with van der Waals surface area (Å²) in [6.45, 7) is 6.67. The van der Waals surface area contributed by atoms with E-state index in [1.165, 1.54) is 19.3 Å². The first-order valence-electron chi connectivity index (χ1n) is 5.59. The summed E-state index contributed by atoms with van der Waals surface area (Å²) >= 11 is 0. The Bertz CT molecular complexity index is 202. The Kier molecular flexibility index (Phi) is 7.68. The number of hydrogen-bond acceptors (Lipinski definition) is 2. The van der Waals surface area contributed by atoms with Crippen LogP contribution in [0.3, 0.4) is 0 Å². The molecule has 15 heavy (non-hydrogen) atoms. The third kappa shape index (κ3) is 10.9. The van der Waals surface area contributed by atoms with Crippen molar-refractivity contribution in [2.45, 2.75) is 46.5 Å². The summed E-state index contributed by atoms with van der Waals surface area (Å²) in [4.78, 5) is 10.3. The summed E-state index contributed by atoms with van der Waals surface area (Å²) in [6, 6.07) is -0.612. The molecule has 2 amide bonds. The topological polar surface area (TPSA) is 67.5 Å². The number of amides is 2. The van der Waals surface area contributed by atoms with Crippen LogP contribution < -0.4 is 11.2 Å². The van der Waals surface area contributed by atoms with Gasteiger partial charge in [0.15, 0.2) is 0 Å². The molecule has 0 aliphatic carbocycles. The van der Waals surface area contributed by atoms with E-state index in [-0.39, 0.29) is 0 Å². The minimum absolute atomic E-state index is 0.612. The molecular formula is C11H23N3O. The largest absolute Gasteiger partial charge is 0.350 e. The van der Waals surface area contributed by atoms with Gasteiger partial charge in [0.1, 0.15) is 0 Å². The molecule has 1 atom stereocenters. The molecule has 4 nitrogen and oxygen atoms in total. The minimum Gasteiger partial charge on any atom is -0.350 e. The van der Waals surface area contributed by atoms with Gasteiger partial charge in [-0.3, -0.25) is 0 Å². The Hall–Kier alpha value is -1.06. The van der Waals surface area contributed by atoms with Gasteiger partial charge in [0.25, 0.3) is 0 Å². The second-order valence-corrected chi connectivity index (χ2v) is 4.45. The zero-order chi connectivity index (χ0) is 11.7. The monoisotopic (exact) mass is 213 g/mol. The van der Waals surface area contributed by atoms with Crippen LogP contribution in [0.1, 0.15) is 46.5 Å². The molecular weight excluding hydrogens is 190 g/mol. The van der Waals surface area contributed by atoms with Crippen LogP contribution in [-0.4, -0.2) is 12.2 Å². The maximum atomic E-state index is 10.3. The second-order valence-electron chi connectivity index (χ2n) is 4.45. The summed E-state index contributed by atoms with van der Waals surface area (Å²) in [5.41, 5.74) is 7.04. The number of carbonyl (C=O) groups is 1. The summed E-state index contributed by atoms with van der Waals surface area (Å²) in [7, 11) is 0. The van der Waals surface area contributed by atoms with E-state index in [2.05, 4.69) is 31.3 Å². The van der Waals surface area contributed by atoms with Gasteiger partial charge in [0.2, 0.25) is 0 Å². The number of hydrogen-bond donors (Lipinski definition) is 2. The van der Waals surface area contributed by atoms with Gasteiger partial charge >= 0.3 is 6.03 Å². The molecule has 0 saturated heterocycles. The predicted molar refractivity (Wildman–Crippen MR) is 63.7 cm³/mol. The fraction of sp³-hybridized carbons (Fsp3) is 0.818. The molecule has 0 unspecified atom stereocenters. The fourth-order valence-electron chi connectivity index (χ4n) is 1.33. The van der Waals surface area contributed by atoms with Crippen molar-refractivity contribution >= 4 is 12.2 Å². The molecule has 88 valence electrons. The molecule has 0 radical (unpaired) electrons. The van der Waals surface area contributed by atoms with E-state index in [0.717, 1.165) is 12.3 Å². The molecule has 0 aromatic carbocycles. The van der Waals surface area contributed by atoms with Crippen molar-refractivity contribution in [1.29, 1.82) is 0 Å². The van der Waals surface area contributed by atoms with E-state index in [4.69, 9.17) is 5.73 Å². The first kappa shape index (κ1) is 13.9. The third-order valence-electron chi connectivity index (χ3n) is 2.25. The normalized spacial score (nSPS) is 13.3. The van der Waals surface area contributed by atoms with Crippen LogP contribution in [0.5, 0.6) is 0 Å². The van der Waals surface area contributed by atoms with Crippen LogP contribution >= 0.6 is 0 Å². The van der Waals surface area contributed by atoms with Crippen LogP contribution in [-0.2, 0) is 0 Å². The number of rotatable bonds is 7. The number of nitrogens with zero attached hydrogens (tertiary/aromatic N) is 1. The van der Waals surface area contributed by atoms with E-state index in [9.17, 15) is 4.79 Å². The van der Waals surface area contributed by atoms with Gasteiger partial charge in [0.05, 0.1) is 0 Å². The molecule has 0 saturated carbocycles. The fourth-order valence-corrected chi connectivity index (χ4v) is 1.33. The lowest BCUT2D eigenvalue weighted by atomic mass is 9.98. The lowest BCUT2D eigenvalue weighted by molar-refractivity contribution is 0.249. The summed E-state index contributed by atoms with van der Waals surface area (Å²) < 4.78 is 0. The Morgan fingerprint density at radius 2 is 2.07 bits per heavy atom. The number of urea groups is 1. The van der Waals surface area contributed by atoms with Crippen molar-refractivity contribution in [3.8, 4) is 0 Å². The quantitative estimate of drug-likeness (QED) is 0.495. The predicted octanol–water partition coefficient (Wildman–Crippen LogP) is 2.49. The highest BCUT2D eigenvalue weighted by Gasteiger charge is 2.01. The number of primary amides is 1. The molecule has 0 heterocycles. The van der Waals surface area contributed by atoms with Crippen molar-refractivity contribution in [2.75, 3.05) is 0 Å². The molecule has 0 fully saturated rings. The van der Waals surface area contributed by atoms with Gasteiger partial charge < -0.3 is 5.73 Å². The molecule has 0 aromatic rings. The third-order valence-corrected chi connectivity index (χ3v) is 2.25. The molecule has 0 bridgehead atoms. The van der Waals surface area contributed by atoms with Gasteiger partial charge in [-0.15, -0.1) is 0 Å². The average Bonchev–Trinajstić information content (AvgIpc) is 2.11. The van der Waals surface area contributed by atoms with E-state index in [0.29, 0.717) is 5.92 Å². The van der Waals surface area contributed by atoms with Crippen LogP contribution in [0.25, 0.3) is 0 Å². The van der Waals surface area contributed by atoms with Crippen molar-refractivity contribution in [3.63, 3.8) is 0 Å². The van der Waals surface area contributed by atoms with Crippen molar-refractivity contribution in [2.24, 2.45) is 22.7 Å². The lowest BCUT2D eigenvalue weighted by Crippen LogP contribution is -2.24. The Balaban J connectivity index is 3.44. The Morgan fingerprint density at radius 1 is 1.40 bits per heavy atom. The number of carbonyl (C=O) groups excluding carboxylic acids is 1. The highest BCUT2D eigenvalue weighted by molar-refractivity contribution is 5.72. The SMILES string of the molecule is CC(C)CCC[C@@H](C)C/C=N\NC(N)=O. The molecule has 0 aromatic heterocycles. The first-order chi connectivity index (χ1) is 7.02. The Labute approximate surface area is 92.3 Å². The van der Waals surface area contributed by atoms with Gasteiger partial charge in [0, 0.05) is 6.21 Å². The zero-order valence-electron chi connectivity index (χ0n) is 9.99. The van der Waals surface area contributed by atoms with Gasteiger partial charge in [-0.1, -0.05) is 40.0 Å². The maximum absolute atomic E-state index is 10.3. The van der Waals surface area contributed by atoms with Crippen molar-refractivity contribution in [1.82, 2.24) is 5.43 Å². The zero-order valence-corrected chi connectivity index (χ0v) is 9.99. The number of nitrogens with two attached hydrogens (primary N) is 1. The highest BCUT2D eigenvalue weighted by Crippen LogP contribution is 2.13. The molecule has 3 N–H and O–H groups in total. The summed E-state index contributed by atoms with van der Waals surface area (Å²) in [5.74, 6) is 1.39. The molecule has 4 heteroatoms. The second kappa shape index (κ2) is 8.26. The smallest absolute Gasteiger partial charge is 0.332 e. The van der Waals surface area contributed by atoms with Gasteiger partial charge in [-0.25, -0.2) is 10.2 Å². The molecule has 0 rings (SSSR count). The van der Waals surface area contributed by atoms with E-state index in [1.807, 2.05) is 0 Å². The molecule has 0 spiro atoms. The molecule has 0 aliphatic heterocycles. The first-order valence-corrected chi connectivity index (χ1v) is 5.59. The van der Waals surface area contributed by atoms with Gasteiger partial charge in [-0.05, 0) is 18.3 Å². The van der Waals surface area contributed by atoms with E-state index in [1.54, 1.807) is 6.21 Å². The molecule has 0 aliphatic rings. The van der Waals surface area contributed by atoms with Crippen molar-refractivity contribution in [3.05, 3.63) is 0 Å². The van der Waals surface area contributed by atoms with Crippen LogP contribution in [0.2, 0.25) is 0 Å². The van der Waals surface area contributed by atoms with Crippen LogP contribution in [0.4, 0.5) is 4.79 Å². The van der Waals surface area contributed by atoms with Crippen LogP contribution in [0, 0.1) is 11.8 Å². The number of hydrazone groups is 1. The Morgan fingerprint density at radius 3 is 2.60 bits per heavy atom. The average molecular weight is 213 g/mol.